The third-order valence-electron chi connectivity index (χ3n) is 2.87. The fourth-order valence-electron chi connectivity index (χ4n) is 1.72. The number of carbonyl (C=O) groups is 2. The summed E-state index contributed by atoms with van der Waals surface area (Å²) in [4.78, 5) is 25.5. The van der Waals surface area contributed by atoms with E-state index in [0.717, 1.165) is 13.1 Å². The van der Waals surface area contributed by atoms with Gasteiger partial charge in [0.15, 0.2) is 0 Å². The molecule has 21 heavy (non-hydrogen) atoms. The molecule has 0 atom stereocenters. The van der Waals surface area contributed by atoms with Crippen molar-refractivity contribution in [2.75, 3.05) is 46.2 Å². The summed E-state index contributed by atoms with van der Waals surface area (Å²) >= 11 is 0. The van der Waals surface area contributed by atoms with Crippen molar-refractivity contribution in [2.24, 2.45) is 0 Å². The van der Waals surface area contributed by atoms with E-state index < -0.39 is 5.97 Å². The molecule has 0 fully saturated rings. The summed E-state index contributed by atoms with van der Waals surface area (Å²) in [5.41, 5.74) is 0.830. The summed E-state index contributed by atoms with van der Waals surface area (Å²) in [6, 6.07) is 6.79. The van der Waals surface area contributed by atoms with Crippen LogP contribution in [-0.4, -0.2) is 57.6 Å². The molecule has 0 saturated heterocycles. The molecular formula is C15H23N3O3. The Kier molecular flexibility index (Phi) is 7.42. The molecule has 6 nitrogen and oxygen atoms in total. The predicted molar refractivity (Wildman–Crippen MR) is 82.5 cm³/mol. The maximum Gasteiger partial charge on any atom is 0.339 e. The molecule has 0 aliphatic carbocycles. The van der Waals surface area contributed by atoms with Gasteiger partial charge in [-0.05, 0) is 26.2 Å². The van der Waals surface area contributed by atoms with Crippen LogP contribution in [0.1, 0.15) is 16.8 Å². The van der Waals surface area contributed by atoms with E-state index in [1.165, 1.54) is 7.11 Å². The molecule has 2 N–H and O–H groups in total. The van der Waals surface area contributed by atoms with Crippen molar-refractivity contribution in [2.45, 2.75) is 6.42 Å². The number of methoxy groups -OCH3 is 1. The third-order valence-corrected chi connectivity index (χ3v) is 2.87. The first-order chi connectivity index (χ1) is 10.0. The van der Waals surface area contributed by atoms with E-state index in [1.54, 1.807) is 24.3 Å². The van der Waals surface area contributed by atoms with Gasteiger partial charge in [-0.2, -0.15) is 0 Å². The maximum atomic E-state index is 11.9. The largest absolute Gasteiger partial charge is 0.465 e. The highest BCUT2D eigenvalue weighted by Crippen LogP contribution is 2.16. The molecule has 1 aromatic carbocycles. The molecule has 1 rings (SSSR count). The van der Waals surface area contributed by atoms with Gasteiger partial charge in [0, 0.05) is 26.1 Å². The Morgan fingerprint density at radius 1 is 1.19 bits per heavy atom. The van der Waals surface area contributed by atoms with Gasteiger partial charge in [-0.25, -0.2) is 4.79 Å². The Morgan fingerprint density at radius 2 is 1.90 bits per heavy atom. The number of esters is 1. The molecule has 0 bridgehead atoms. The molecule has 0 heterocycles. The van der Waals surface area contributed by atoms with Crippen LogP contribution in [0.4, 0.5) is 5.69 Å². The lowest BCUT2D eigenvalue weighted by Gasteiger charge is -2.11. The minimum absolute atomic E-state index is 0.135. The molecule has 0 aliphatic heterocycles. The number of rotatable bonds is 8. The summed E-state index contributed by atoms with van der Waals surface area (Å²) in [5.74, 6) is -0.598. The first-order valence-electron chi connectivity index (χ1n) is 6.87. The average molecular weight is 293 g/mol. The highest BCUT2D eigenvalue weighted by atomic mass is 16.5. The fraction of sp³-hybridized carbons (Fsp3) is 0.467. The van der Waals surface area contributed by atoms with Gasteiger partial charge in [0.2, 0.25) is 5.91 Å². The molecule has 116 valence electrons. The standard InChI is InChI=1S/C15H23N3O3/c1-18(2)11-10-16-9-8-14(19)17-13-7-5-4-6-12(13)15(20)21-3/h4-7,16H,8-11H2,1-3H3,(H,17,19). The van der Waals surface area contributed by atoms with Crippen molar-refractivity contribution in [1.82, 2.24) is 10.2 Å². The molecule has 1 amide bonds. The second-order valence-electron chi connectivity index (χ2n) is 4.89. The molecule has 0 radical (unpaired) electrons. The number of amides is 1. The highest BCUT2D eigenvalue weighted by Gasteiger charge is 2.12. The Labute approximate surface area is 125 Å². The Morgan fingerprint density at radius 3 is 2.57 bits per heavy atom. The van der Waals surface area contributed by atoms with Crippen LogP contribution in [0.5, 0.6) is 0 Å². The van der Waals surface area contributed by atoms with Crippen LogP contribution in [0.2, 0.25) is 0 Å². The first-order valence-corrected chi connectivity index (χ1v) is 6.87. The van der Waals surface area contributed by atoms with Gasteiger partial charge in [-0.1, -0.05) is 12.1 Å². The zero-order chi connectivity index (χ0) is 15.7. The summed E-state index contributed by atoms with van der Waals surface area (Å²) in [7, 11) is 5.31. The van der Waals surface area contributed by atoms with Crippen LogP contribution in [0.3, 0.4) is 0 Å². The van der Waals surface area contributed by atoms with Crippen molar-refractivity contribution in [3.63, 3.8) is 0 Å². The lowest BCUT2D eigenvalue weighted by atomic mass is 10.1. The maximum absolute atomic E-state index is 11.9. The summed E-state index contributed by atoms with van der Waals surface area (Å²) < 4.78 is 4.69. The van der Waals surface area contributed by atoms with E-state index >= 15 is 0 Å². The van der Waals surface area contributed by atoms with Crippen LogP contribution in [0, 0.1) is 0 Å². The van der Waals surface area contributed by atoms with E-state index in [4.69, 9.17) is 0 Å². The minimum atomic E-state index is -0.463. The van der Waals surface area contributed by atoms with E-state index in [9.17, 15) is 9.59 Å². The number of nitrogens with one attached hydrogen (secondary N) is 2. The lowest BCUT2D eigenvalue weighted by Crippen LogP contribution is -2.29. The number of ether oxygens (including phenoxy) is 1. The number of likely N-dealkylation sites (N-methyl/N-ethyl adjacent to an activating group) is 1. The van der Waals surface area contributed by atoms with Gasteiger partial charge in [0.25, 0.3) is 0 Å². The monoisotopic (exact) mass is 293 g/mol. The number of hydrogen-bond acceptors (Lipinski definition) is 5. The van der Waals surface area contributed by atoms with Crippen molar-refractivity contribution >= 4 is 17.6 Å². The van der Waals surface area contributed by atoms with E-state index in [0.29, 0.717) is 24.2 Å². The van der Waals surface area contributed by atoms with Crippen molar-refractivity contribution in [1.29, 1.82) is 0 Å². The van der Waals surface area contributed by atoms with Crippen molar-refractivity contribution in [3.8, 4) is 0 Å². The average Bonchev–Trinajstić information content (AvgIpc) is 2.46. The van der Waals surface area contributed by atoms with Crippen LogP contribution in [-0.2, 0) is 9.53 Å². The smallest absolute Gasteiger partial charge is 0.339 e. The molecule has 0 aromatic heterocycles. The second kappa shape index (κ2) is 9.10. The summed E-state index contributed by atoms with van der Waals surface area (Å²) in [6.07, 6.45) is 0.350. The number of carbonyl (C=O) groups excluding carboxylic acids is 2. The van der Waals surface area contributed by atoms with Gasteiger partial charge in [0.1, 0.15) is 0 Å². The number of anilines is 1. The van der Waals surface area contributed by atoms with Crippen LogP contribution in [0.15, 0.2) is 24.3 Å². The molecule has 0 saturated carbocycles. The van der Waals surface area contributed by atoms with Gasteiger partial charge in [0.05, 0.1) is 18.4 Å². The van der Waals surface area contributed by atoms with Crippen molar-refractivity contribution in [3.05, 3.63) is 29.8 Å². The SMILES string of the molecule is COC(=O)c1ccccc1NC(=O)CCNCCN(C)C. The van der Waals surface area contributed by atoms with Crippen LogP contribution < -0.4 is 10.6 Å². The van der Waals surface area contributed by atoms with Crippen molar-refractivity contribution < 1.29 is 14.3 Å². The molecule has 0 unspecified atom stereocenters. The topological polar surface area (TPSA) is 70.7 Å². The number of para-hydroxylation sites is 1. The zero-order valence-corrected chi connectivity index (χ0v) is 12.8. The zero-order valence-electron chi connectivity index (χ0n) is 12.8. The number of hydrogen-bond donors (Lipinski definition) is 2. The quantitative estimate of drug-likeness (QED) is 0.552. The summed E-state index contributed by atoms with van der Waals surface area (Å²) in [6.45, 7) is 2.35. The third kappa shape index (κ3) is 6.37. The number of benzene rings is 1. The second-order valence-corrected chi connectivity index (χ2v) is 4.89. The first kappa shape index (κ1) is 17.1. The van der Waals surface area contributed by atoms with Gasteiger partial charge < -0.3 is 20.3 Å². The molecule has 1 aromatic rings. The van der Waals surface area contributed by atoms with Crippen LogP contribution in [0.25, 0.3) is 0 Å². The Balaban J connectivity index is 2.43. The molecule has 0 aliphatic rings. The van der Waals surface area contributed by atoms with Gasteiger partial charge in [-0.15, -0.1) is 0 Å². The molecule has 0 spiro atoms. The Hall–Kier alpha value is -1.92. The lowest BCUT2D eigenvalue weighted by molar-refractivity contribution is -0.116. The van der Waals surface area contributed by atoms with E-state index in [1.807, 2.05) is 14.1 Å². The highest BCUT2D eigenvalue weighted by molar-refractivity contribution is 6.01. The molecule has 6 heteroatoms. The fourth-order valence-corrected chi connectivity index (χ4v) is 1.72. The number of nitrogens with zero attached hydrogens (tertiary/aromatic N) is 1. The van der Waals surface area contributed by atoms with Crippen LogP contribution >= 0.6 is 0 Å². The predicted octanol–water partition coefficient (Wildman–Crippen LogP) is 0.953. The van der Waals surface area contributed by atoms with E-state index in [2.05, 4.69) is 20.3 Å². The Bertz CT molecular complexity index is 475. The normalized spacial score (nSPS) is 10.5. The molecular weight excluding hydrogens is 270 g/mol. The summed E-state index contributed by atoms with van der Waals surface area (Å²) in [5, 5.41) is 5.92. The van der Waals surface area contributed by atoms with Gasteiger partial charge >= 0.3 is 5.97 Å². The van der Waals surface area contributed by atoms with E-state index in [-0.39, 0.29) is 5.91 Å². The van der Waals surface area contributed by atoms with Gasteiger partial charge in [-0.3, -0.25) is 4.79 Å². The minimum Gasteiger partial charge on any atom is -0.465 e.